The Morgan fingerprint density at radius 1 is 1.38 bits per heavy atom. The van der Waals surface area contributed by atoms with Gasteiger partial charge in [-0.25, -0.2) is 5.43 Å². The molecule has 0 saturated heterocycles. The molecule has 110 valence electrons. The summed E-state index contributed by atoms with van der Waals surface area (Å²) in [5.74, 6) is -0.116. The molecule has 0 bridgehead atoms. The van der Waals surface area contributed by atoms with E-state index < -0.39 is 0 Å². The number of H-pyrrole nitrogens is 1. The standard InChI is InChI=1S/C14H14Cl2N4O/c1-8(2)12-6-13(19-18-12)14(21)20-17-7-9-3-4-10(15)5-11(9)16/h3-8H,1-2H3,(H,18,19)(H,20,21)/b17-7+. The van der Waals surface area contributed by atoms with Crippen molar-refractivity contribution in [3.63, 3.8) is 0 Å². The quantitative estimate of drug-likeness (QED) is 0.666. The molecular weight excluding hydrogens is 311 g/mol. The third kappa shape index (κ3) is 4.06. The molecule has 0 saturated carbocycles. The van der Waals surface area contributed by atoms with E-state index in [1.807, 2.05) is 13.8 Å². The topological polar surface area (TPSA) is 70.1 Å². The molecule has 21 heavy (non-hydrogen) atoms. The number of hydrazone groups is 1. The number of rotatable bonds is 4. The number of nitrogens with zero attached hydrogens (tertiary/aromatic N) is 2. The Kier molecular flexibility index (Phi) is 4.98. The van der Waals surface area contributed by atoms with Crippen LogP contribution in [0, 0.1) is 0 Å². The normalized spacial score (nSPS) is 11.3. The lowest BCUT2D eigenvalue weighted by Crippen LogP contribution is -2.18. The summed E-state index contributed by atoms with van der Waals surface area (Å²) in [6.07, 6.45) is 1.45. The number of halogens is 2. The Morgan fingerprint density at radius 3 is 2.76 bits per heavy atom. The fourth-order valence-corrected chi connectivity index (χ4v) is 2.03. The van der Waals surface area contributed by atoms with Crippen LogP contribution in [0.1, 0.15) is 41.5 Å². The van der Waals surface area contributed by atoms with E-state index >= 15 is 0 Å². The number of amides is 1. The van der Waals surface area contributed by atoms with Crippen LogP contribution in [0.25, 0.3) is 0 Å². The highest BCUT2D eigenvalue weighted by Crippen LogP contribution is 2.19. The van der Waals surface area contributed by atoms with Crippen LogP contribution in [0.5, 0.6) is 0 Å². The van der Waals surface area contributed by atoms with Crippen LogP contribution in [-0.2, 0) is 0 Å². The third-order valence-electron chi connectivity index (χ3n) is 2.78. The van der Waals surface area contributed by atoms with Gasteiger partial charge in [0.05, 0.1) is 11.2 Å². The molecule has 0 spiro atoms. The van der Waals surface area contributed by atoms with Gasteiger partial charge in [-0.2, -0.15) is 10.2 Å². The van der Waals surface area contributed by atoms with Crippen molar-refractivity contribution in [1.82, 2.24) is 15.6 Å². The second kappa shape index (κ2) is 6.74. The molecule has 0 aliphatic heterocycles. The van der Waals surface area contributed by atoms with Gasteiger partial charge in [-0.15, -0.1) is 0 Å². The molecule has 0 unspecified atom stereocenters. The van der Waals surface area contributed by atoms with Crippen molar-refractivity contribution >= 4 is 35.3 Å². The molecule has 1 amide bonds. The van der Waals surface area contributed by atoms with Crippen LogP contribution in [0.4, 0.5) is 0 Å². The molecule has 0 fully saturated rings. The fourth-order valence-electron chi connectivity index (χ4n) is 1.57. The molecule has 0 atom stereocenters. The van der Waals surface area contributed by atoms with Gasteiger partial charge >= 0.3 is 0 Å². The lowest BCUT2D eigenvalue weighted by Gasteiger charge is -1.99. The highest BCUT2D eigenvalue weighted by atomic mass is 35.5. The van der Waals surface area contributed by atoms with Gasteiger partial charge in [0.25, 0.3) is 5.91 Å². The highest BCUT2D eigenvalue weighted by Gasteiger charge is 2.11. The Balaban J connectivity index is 2.01. The highest BCUT2D eigenvalue weighted by molar-refractivity contribution is 6.36. The van der Waals surface area contributed by atoms with Crippen molar-refractivity contribution in [2.45, 2.75) is 19.8 Å². The molecular formula is C14H14Cl2N4O. The molecule has 0 aliphatic rings. The molecule has 2 N–H and O–H groups in total. The number of aromatic nitrogens is 2. The van der Waals surface area contributed by atoms with Gasteiger partial charge in [0.2, 0.25) is 0 Å². The van der Waals surface area contributed by atoms with Crippen molar-refractivity contribution in [3.8, 4) is 0 Å². The Hall–Kier alpha value is -1.85. The maximum Gasteiger partial charge on any atom is 0.291 e. The number of carbonyl (C=O) groups excluding carboxylic acids is 1. The SMILES string of the molecule is CC(C)c1cc(C(=O)N/N=C/c2ccc(Cl)cc2Cl)n[nH]1. The maximum absolute atomic E-state index is 11.8. The first-order chi connectivity index (χ1) is 9.97. The third-order valence-corrected chi connectivity index (χ3v) is 3.35. The predicted octanol–water partition coefficient (Wildman–Crippen LogP) is 3.60. The Labute approximate surface area is 132 Å². The van der Waals surface area contributed by atoms with Gasteiger partial charge in [-0.3, -0.25) is 9.89 Å². The van der Waals surface area contributed by atoms with E-state index in [-0.39, 0.29) is 17.5 Å². The van der Waals surface area contributed by atoms with E-state index in [0.29, 0.717) is 15.6 Å². The average Bonchev–Trinajstić information content (AvgIpc) is 2.91. The van der Waals surface area contributed by atoms with Gasteiger partial charge < -0.3 is 0 Å². The van der Waals surface area contributed by atoms with Crippen LogP contribution < -0.4 is 5.43 Å². The van der Waals surface area contributed by atoms with Crippen LogP contribution in [0.3, 0.4) is 0 Å². The van der Waals surface area contributed by atoms with E-state index in [1.54, 1.807) is 24.3 Å². The predicted molar refractivity (Wildman–Crippen MR) is 84.2 cm³/mol. The lowest BCUT2D eigenvalue weighted by molar-refractivity contribution is 0.0950. The van der Waals surface area contributed by atoms with Crippen molar-refractivity contribution in [2.24, 2.45) is 5.10 Å². The zero-order valence-corrected chi connectivity index (χ0v) is 13.0. The van der Waals surface area contributed by atoms with Gasteiger partial charge in [0.1, 0.15) is 0 Å². The molecule has 1 aromatic heterocycles. The largest absolute Gasteiger partial charge is 0.291 e. The van der Waals surface area contributed by atoms with Crippen LogP contribution in [0.15, 0.2) is 29.4 Å². The van der Waals surface area contributed by atoms with Gasteiger partial charge in [-0.1, -0.05) is 43.1 Å². The summed E-state index contributed by atoms with van der Waals surface area (Å²) in [7, 11) is 0. The smallest absolute Gasteiger partial charge is 0.282 e. The number of aromatic amines is 1. The van der Waals surface area contributed by atoms with Gasteiger partial charge in [0.15, 0.2) is 5.69 Å². The van der Waals surface area contributed by atoms with Crippen LogP contribution >= 0.6 is 23.2 Å². The average molecular weight is 325 g/mol. The first-order valence-electron chi connectivity index (χ1n) is 6.31. The summed E-state index contributed by atoms with van der Waals surface area (Å²) in [6.45, 7) is 4.02. The summed E-state index contributed by atoms with van der Waals surface area (Å²) in [5.41, 5.74) is 4.24. The summed E-state index contributed by atoms with van der Waals surface area (Å²) < 4.78 is 0. The summed E-state index contributed by atoms with van der Waals surface area (Å²) in [4.78, 5) is 11.8. The summed E-state index contributed by atoms with van der Waals surface area (Å²) in [6, 6.07) is 6.71. The summed E-state index contributed by atoms with van der Waals surface area (Å²) in [5, 5.41) is 11.6. The monoisotopic (exact) mass is 324 g/mol. The number of benzene rings is 1. The van der Waals surface area contributed by atoms with Crippen molar-refractivity contribution < 1.29 is 4.79 Å². The maximum atomic E-state index is 11.8. The van der Waals surface area contributed by atoms with E-state index in [4.69, 9.17) is 23.2 Å². The minimum Gasteiger partial charge on any atom is -0.282 e. The number of hydrogen-bond donors (Lipinski definition) is 2. The van der Waals surface area contributed by atoms with Crippen LogP contribution in [0.2, 0.25) is 10.0 Å². The van der Waals surface area contributed by atoms with Gasteiger partial charge in [0, 0.05) is 16.3 Å². The van der Waals surface area contributed by atoms with E-state index in [2.05, 4.69) is 20.7 Å². The molecule has 0 aliphatic carbocycles. The molecule has 1 aromatic carbocycles. The molecule has 5 nitrogen and oxygen atoms in total. The van der Waals surface area contributed by atoms with Gasteiger partial charge in [-0.05, 0) is 24.1 Å². The summed E-state index contributed by atoms with van der Waals surface area (Å²) >= 11 is 11.8. The van der Waals surface area contributed by atoms with Crippen molar-refractivity contribution in [3.05, 3.63) is 51.3 Å². The molecule has 1 heterocycles. The second-order valence-electron chi connectivity index (χ2n) is 4.73. The lowest BCUT2D eigenvalue weighted by atomic mass is 10.1. The molecule has 0 radical (unpaired) electrons. The number of hydrogen-bond acceptors (Lipinski definition) is 3. The first-order valence-corrected chi connectivity index (χ1v) is 7.06. The molecule has 2 aromatic rings. The van der Waals surface area contributed by atoms with E-state index in [9.17, 15) is 4.79 Å². The van der Waals surface area contributed by atoms with Crippen molar-refractivity contribution in [2.75, 3.05) is 0 Å². The van der Waals surface area contributed by atoms with E-state index in [1.165, 1.54) is 6.21 Å². The number of carbonyl (C=O) groups is 1. The molecule has 2 rings (SSSR count). The number of nitrogens with one attached hydrogen (secondary N) is 2. The van der Waals surface area contributed by atoms with E-state index in [0.717, 1.165) is 5.69 Å². The zero-order valence-electron chi connectivity index (χ0n) is 11.5. The fraction of sp³-hybridized carbons (Fsp3) is 0.214. The minimum absolute atomic E-state index is 0.274. The molecule has 7 heteroatoms. The van der Waals surface area contributed by atoms with Crippen molar-refractivity contribution in [1.29, 1.82) is 0 Å². The Morgan fingerprint density at radius 2 is 2.14 bits per heavy atom. The zero-order chi connectivity index (χ0) is 15.4. The Bertz CT molecular complexity index is 679. The first kappa shape index (κ1) is 15.5. The second-order valence-corrected chi connectivity index (χ2v) is 5.57. The minimum atomic E-state index is -0.389. The van der Waals surface area contributed by atoms with Crippen LogP contribution in [-0.4, -0.2) is 22.3 Å².